The van der Waals surface area contributed by atoms with Gasteiger partial charge in [0.2, 0.25) is 0 Å². The van der Waals surface area contributed by atoms with Crippen LogP contribution in [0.4, 0.5) is 0 Å². The SMILES string of the molecule is COC(=O)CN(CC(=O)OC)C(=O)c1cccc(Cn2c3ccccc3c3cc(/C(N)=N/NN)ccc32)c1. The number of amides is 1. The molecule has 4 aromatic rings. The first-order chi connectivity index (χ1) is 18.4. The molecule has 0 saturated carbocycles. The van der Waals surface area contributed by atoms with Gasteiger partial charge >= 0.3 is 11.9 Å². The van der Waals surface area contributed by atoms with E-state index >= 15 is 0 Å². The summed E-state index contributed by atoms with van der Waals surface area (Å²) < 4.78 is 11.5. The first-order valence-corrected chi connectivity index (χ1v) is 11.7. The number of aromatic nitrogens is 1. The van der Waals surface area contributed by atoms with Crippen LogP contribution in [0.25, 0.3) is 21.8 Å². The number of carbonyl (C=O) groups is 3. The fourth-order valence-corrected chi connectivity index (χ4v) is 4.33. The maximum Gasteiger partial charge on any atom is 0.325 e. The molecule has 11 heteroatoms. The Morgan fingerprint density at radius 1 is 0.868 bits per heavy atom. The summed E-state index contributed by atoms with van der Waals surface area (Å²) in [7, 11) is 2.43. The van der Waals surface area contributed by atoms with Crippen molar-refractivity contribution in [3.05, 3.63) is 83.4 Å². The van der Waals surface area contributed by atoms with Crippen LogP contribution in [0.15, 0.2) is 71.8 Å². The van der Waals surface area contributed by atoms with Crippen LogP contribution in [0, 0.1) is 0 Å². The highest BCUT2D eigenvalue weighted by Crippen LogP contribution is 2.30. The molecule has 0 bridgehead atoms. The molecule has 1 aromatic heterocycles. The van der Waals surface area contributed by atoms with Crippen LogP contribution in [-0.2, 0) is 25.6 Å². The third kappa shape index (κ3) is 5.42. The minimum atomic E-state index is -0.643. The highest BCUT2D eigenvalue weighted by Gasteiger charge is 2.23. The van der Waals surface area contributed by atoms with Crippen molar-refractivity contribution in [1.82, 2.24) is 15.0 Å². The molecule has 4 rings (SSSR count). The number of esters is 2. The zero-order chi connectivity index (χ0) is 27.2. The zero-order valence-corrected chi connectivity index (χ0v) is 21.0. The molecule has 0 aliphatic heterocycles. The van der Waals surface area contributed by atoms with Gasteiger partial charge in [0.05, 0.1) is 14.2 Å². The lowest BCUT2D eigenvalue weighted by atomic mass is 10.1. The molecule has 0 fully saturated rings. The van der Waals surface area contributed by atoms with Gasteiger partial charge in [-0.25, -0.2) is 11.4 Å². The molecule has 1 amide bonds. The maximum atomic E-state index is 13.2. The molecule has 38 heavy (non-hydrogen) atoms. The van der Waals surface area contributed by atoms with Crippen LogP contribution in [-0.4, -0.2) is 60.5 Å². The van der Waals surface area contributed by atoms with Gasteiger partial charge < -0.3 is 24.7 Å². The number of nitrogens with zero attached hydrogens (tertiary/aromatic N) is 3. The fourth-order valence-electron chi connectivity index (χ4n) is 4.33. The smallest absolute Gasteiger partial charge is 0.325 e. The van der Waals surface area contributed by atoms with E-state index in [1.54, 1.807) is 18.2 Å². The topological polar surface area (TPSA) is 154 Å². The van der Waals surface area contributed by atoms with Crippen LogP contribution in [0.1, 0.15) is 21.5 Å². The van der Waals surface area contributed by atoms with Crippen molar-refractivity contribution in [3.8, 4) is 0 Å². The average molecular weight is 517 g/mol. The highest BCUT2D eigenvalue weighted by molar-refractivity contribution is 6.11. The number of nitrogens with two attached hydrogens (primary N) is 2. The van der Waals surface area contributed by atoms with E-state index in [0.717, 1.165) is 37.8 Å². The lowest BCUT2D eigenvalue weighted by Crippen LogP contribution is -2.40. The summed E-state index contributed by atoms with van der Waals surface area (Å²) in [4.78, 5) is 38.1. The molecule has 11 nitrogen and oxygen atoms in total. The van der Waals surface area contributed by atoms with Crippen molar-refractivity contribution in [2.45, 2.75) is 6.54 Å². The van der Waals surface area contributed by atoms with Crippen LogP contribution >= 0.6 is 0 Å². The average Bonchev–Trinajstić information content (AvgIpc) is 3.25. The molecule has 5 N–H and O–H groups in total. The third-order valence-electron chi connectivity index (χ3n) is 6.15. The molecule has 0 atom stereocenters. The van der Waals surface area contributed by atoms with E-state index in [4.69, 9.17) is 11.6 Å². The monoisotopic (exact) mass is 516 g/mol. The van der Waals surface area contributed by atoms with Gasteiger partial charge in [-0.15, -0.1) is 5.10 Å². The number of ether oxygens (including phenoxy) is 2. The summed E-state index contributed by atoms with van der Waals surface area (Å²) in [5.74, 6) is 3.77. The number of methoxy groups -OCH3 is 2. The number of nitrogens with one attached hydrogen (secondary N) is 1. The summed E-state index contributed by atoms with van der Waals surface area (Å²) in [5, 5.41) is 5.89. The molecular weight excluding hydrogens is 488 g/mol. The van der Waals surface area contributed by atoms with E-state index in [1.165, 1.54) is 14.2 Å². The predicted molar refractivity (Wildman–Crippen MR) is 143 cm³/mol. The van der Waals surface area contributed by atoms with Gasteiger partial charge in [-0.1, -0.05) is 30.3 Å². The Labute approximate surface area is 218 Å². The third-order valence-corrected chi connectivity index (χ3v) is 6.15. The molecule has 0 aliphatic rings. The molecule has 0 spiro atoms. The first kappa shape index (κ1) is 26.2. The number of para-hydroxylation sites is 1. The van der Waals surface area contributed by atoms with Crippen LogP contribution in [0.5, 0.6) is 0 Å². The van der Waals surface area contributed by atoms with E-state index in [0.29, 0.717) is 12.1 Å². The van der Waals surface area contributed by atoms with Crippen molar-refractivity contribution in [2.24, 2.45) is 16.7 Å². The summed E-state index contributed by atoms with van der Waals surface area (Å²) in [6, 6.07) is 20.8. The van der Waals surface area contributed by atoms with E-state index < -0.39 is 17.8 Å². The molecule has 1 heterocycles. The quantitative estimate of drug-likeness (QED) is 0.0999. The maximum absolute atomic E-state index is 13.2. The molecule has 0 radical (unpaired) electrons. The Bertz CT molecular complexity index is 1530. The molecule has 3 aromatic carbocycles. The summed E-state index contributed by atoms with van der Waals surface area (Å²) in [6.07, 6.45) is 0. The second-order valence-electron chi connectivity index (χ2n) is 8.48. The lowest BCUT2D eigenvalue weighted by molar-refractivity contribution is -0.144. The summed E-state index contributed by atoms with van der Waals surface area (Å²) >= 11 is 0. The van der Waals surface area contributed by atoms with Crippen molar-refractivity contribution in [3.63, 3.8) is 0 Å². The van der Waals surface area contributed by atoms with Crippen LogP contribution in [0.2, 0.25) is 0 Å². The standard InChI is InChI=1S/C27H28N6O5/c1-37-24(34)15-32(16-25(35)38-2)27(36)19-7-5-6-17(12-19)14-33-22-9-4-3-8-20(22)21-13-18(10-11-23(21)33)26(28)30-31-29/h3-13,31H,14-16,29H2,1-2H3,(H2,28,30). The number of hydrazone groups is 1. The van der Waals surface area contributed by atoms with Gasteiger partial charge in [-0.05, 0) is 42.0 Å². The number of rotatable bonds is 9. The number of benzene rings is 3. The largest absolute Gasteiger partial charge is 0.468 e. The Morgan fingerprint density at radius 3 is 2.24 bits per heavy atom. The Morgan fingerprint density at radius 2 is 1.55 bits per heavy atom. The first-order valence-electron chi connectivity index (χ1n) is 11.7. The summed E-state index contributed by atoms with van der Waals surface area (Å²) in [5.41, 5.74) is 12.1. The van der Waals surface area contributed by atoms with Gasteiger partial charge in [0.1, 0.15) is 13.1 Å². The summed E-state index contributed by atoms with van der Waals surface area (Å²) in [6.45, 7) is -0.293. The van der Waals surface area contributed by atoms with Crippen LogP contribution < -0.4 is 17.1 Å². The van der Waals surface area contributed by atoms with Crippen molar-refractivity contribution < 1.29 is 23.9 Å². The van der Waals surface area contributed by atoms with Crippen molar-refractivity contribution in [2.75, 3.05) is 27.3 Å². The van der Waals surface area contributed by atoms with Crippen molar-refractivity contribution >= 4 is 45.5 Å². The van der Waals surface area contributed by atoms with E-state index in [1.807, 2.05) is 48.5 Å². The lowest BCUT2D eigenvalue weighted by Gasteiger charge is -2.20. The second-order valence-corrected chi connectivity index (χ2v) is 8.48. The van der Waals surface area contributed by atoms with Gasteiger partial charge in [0, 0.05) is 39.5 Å². The number of hydrazine groups is 1. The van der Waals surface area contributed by atoms with E-state index in [-0.39, 0.29) is 18.9 Å². The normalized spacial score (nSPS) is 11.4. The zero-order valence-electron chi connectivity index (χ0n) is 21.0. The predicted octanol–water partition coefficient (Wildman–Crippen LogP) is 1.71. The minimum Gasteiger partial charge on any atom is -0.468 e. The van der Waals surface area contributed by atoms with E-state index in [2.05, 4.69) is 24.7 Å². The van der Waals surface area contributed by atoms with E-state index in [9.17, 15) is 14.4 Å². The van der Waals surface area contributed by atoms with Gasteiger partial charge in [0.15, 0.2) is 5.84 Å². The Balaban J connectivity index is 1.71. The van der Waals surface area contributed by atoms with Gasteiger partial charge in [-0.3, -0.25) is 14.4 Å². The fraction of sp³-hybridized carbons (Fsp3) is 0.185. The number of hydrogen-bond acceptors (Lipinski definition) is 8. The Hall–Kier alpha value is -4.90. The van der Waals surface area contributed by atoms with Gasteiger partial charge in [0.25, 0.3) is 5.91 Å². The van der Waals surface area contributed by atoms with Crippen molar-refractivity contribution in [1.29, 1.82) is 0 Å². The molecular formula is C27H28N6O5. The highest BCUT2D eigenvalue weighted by atomic mass is 16.5. The second kappa shape index (κ2) is 11.4. The minimum absolute atomic E-state index is 0.265. The van der Waals surface area contributed by atoms with Gasteiger partial charge in [-0.2, -0.15) is 0 Å². The molecule has 0 saturated heterocycles. The Kier molecular flexibility index (Phi) is 7.88. The molecule has 0 unspecified atom stereocenters. The van der Waals surface area contributed by atoms with Crippen LogP contribution in [0.3, 0.4) is 0 Å². The number of carbonyl (C=O) groups excluding carboxylic acids is 3. The molecule has 196 valence electrons. The number of amidine groups is 1. The molecule has 0 aliphatic carbocycles. The number of fused-ring (bicyclic) bond motifs is 3. The number of hydrogen-bond donors (Lipinski definition) is 3.